The number of anilines is 1. The number of thioether (sulfide) groups is 1. The van der Waals surface area contributed by atoms with E-state index in [2.05, 4.69) is 5.32 Å². The first-order valence-electron chi connectivity index (χ1n) is 7.04. The number of rotatable bonds is 6. The maximum Gasteiger partial charge on any atom is 0.248 e. The maximum absolute atomic E-state index is 11.9. The largest absolute Gasteiger partial charge is 0.396 e. The van der Waals surface area contributed by atoms with E-state index in [1.165, 1.54) is 11.0 Å². The van der Waals surface area contributed by atoms with Crippen molar-refractivity contribution in [2.75, 3.05) is 18.2 Å². The zero-order valence-electron chi connectivity index (χ0n) is 12.5. The molecule has 0 fully saturated rings. The number of carbonyl (C=O) groups is 1. The van der Waals surface area contributed by atoms with Crippen LogP contribution < -0.4 is 5.32 Å². The molecule has 22 heavy (non-hydrogen) atoms. The fourth-order valence-corrected chi connectivity index (χ4v) is 2.36. The minimum Gasteiger partial charge on any atom is -0.396 e. The lowest BCUT2D eigenvalue weighted by Gasteiger charge is -2.04. The van der Waals surface area contributed by atoms with E-state index in [9.17, 15) is 4.79 Å². The third-order valence-corrected chi connectivity index (χ3v) is 3.91. The Morgan fingerprint density at radius 2 is 1.82 bits per heavy atom. The van der Waals surface area contributed by atoms with E-state index in [0.717, 1.165) is 16.8 Å². The summed E-state index contributed by atoms with van der Waals surface area (Å²) in [6.07, 6.45) is 5.97. The van der Waals surface area contributed by atoms with Gasteiger partial charge in [0.25, 0.3) is 0 Å². The topological polar surface area (TPSA) is 49.3 Å². The predicted octanol–water partition coefficient (Wildman–Crippen LogP) is 3.60. The highest BCUT2D eigenvalue weighted by molar-refractivity contribution is 7.98. The second-order valence-corrected chi connectivity index (χ2v) is 5.65. The van der Waals surface area contributed by atoms with Crippen LogP contribution in [0.2, 0.25) is 0 Å². The predicted molar refractivity (Wildman–Crippen MR) is 93.1 cm³/mol. The highest BCUT2D eigenvalue weighted by Gasteiger charge is 1.99. The monoisotopic (exact) mass is 313 g/mol. The summed E-state index contributed by atoms with van der Waals surface area (Å²) in [5.74, 6) is -0.163. The number of aliphatic hydroxyl groups is 1. The van der Waals surface area contributed by atoms with Crippen molar-refractivity contribution >= 4 is 29.4 Å². The summed E-state index contributed by atoms with van der Waals surface area (Å²) in [5, 5.41) is 11.7. The van der Waals surface area contributed by atoms with Crippen LogP contribution in [0.15, 0.2) is 59.5 Å². The van der Waals surface area contributed by atoms with Crippen LogP contribution in [0.5, 0.6) is 0 Å². The zero-order valence-corrected chi connectivity index (χ0v) is 13.3. The zero-order chi connectivity index (χ0) is 15.8. The van der Waals surface area contributed by atoms with Crippen molar-refractivity contribution in [3.8, 4) is 0 Å². The van der Waals surface area contributed by atoms with Crippen molar-refractivity contribution < 1.29 is 9.90 Å². The van der Waals surface area contributed by atoms with E-state index in [1.807, 2.05) is 54.8 Å². The molecule has 0 atom stereocenters. The summed E-state index contributed by atoms with van der Waals surface area (Å²) in [6, 6.07) is 15.5. The fourth-order valence-electron chi connectivity index (χ4n) is 1.95. The Bertz CT molecular complexity index is 633. The quantitative estimate of drug-likeness (QED) is 0.633. The standard InChI is InChI=1S/C18H19NO2S/c1-22-17-9-4-14(5-10-17)6-11-18(21)19-16-7-2-15(3-8-16)12-13-20/h2-11,20H,12-13H2,1H3,(H,19,21). The highest BCUT2D eigenvalue weighted by atomic mass is 32.2. The van der Waals surface area contributed by atoms with Crippen LogP contribution in [0.4, 0.5) is 5.69 Å². The van der Waals surface area contributed by atoms with Gasteiger partial charge in [0, 0.05) is 23.3 Å². The van der Waals surface area contributed by atoms with Gasteiger partial charge in [-0.25, -0.2) is 0 Å². The summed E-state index contributed by atoms with van der Waals surface area (Å²) in [4.78, 5) is 13.1. The number of benzene rings is 2. The van der Waals surface area contributed by atoms with Crippen LogP contribution in [0.1, 0.15) is 11.1 Å². The molecule has 0 unspecified atom stereocenters. The molecular formula is C18H19NO2S. The summed E-state index contributed by atoms with van der Waals surface area (Å²) >= 11 is 1.69. The van der Waals surface area contributed by atoms with Crippen molar-refractivity contribution in [2.45, 2.75) is 11.3 Å². The van der Waals surface area contributed by atoms with E-state index >= 15 is 0 Å². The minimum atomic E-state index is -0.163. The van der Waals surface area contributed by atoms with Crippen molar-refractivity contribution in [2.24, 2.45) is 0 Å². The van der Waals surface area contributed by atoms with Gasteiger partial charge in [0.2, 0.25) is 5.91 Å². The van der Waals surface area contributed by atoms with Crippen LogP contribution in [0.3, 0.4) is 0 Å². The van der Waals surface area contributed by atoms with E-state index < -0.39 is 0 Å². The third-order valence-electron chi connectivity index (χ3n) is 3.16. The van der Waals surface area contributed by atoms with Crippen LogP contribution in [0.25, 0.3) is 6.08 Å². The fraction of sp³-hybridized carbons (Fsp3) is 0.167. The van der Waals surface area contributed by atoms with Crippen molar-refractivity contribution in [3.05, 3.63) is 65.7 Å². The molecular weight excluding hydrogens is 294 g/mol. The normalized spacial score (nSPS) is 10.8. The molecule has 0 heterocycles. The Kier molecular flexibility index (Phi) is 6.25. The van der Waals surface area contributed by atoms with Crippen molar-refractivity contribution in [1.29, 1.82) is 0 Å². The summed E-state index contributed by atoms with van der Waals surface area (Å²) in [7, 11) is 0. The molecule has 3 nitrogen and oxygen atoms in total. The van der Waals surface area contributed by atoms with Gasteiger partial charge in [0.05, 0.1) is 0 Å². The Morgan fingerprint density at radius 3 is 2.41 bits per heavy atom. The molecule has 0 bridgehead atoms. The van der Waals surface area contributed by atoms with Crippen LogP contribution in [-0.4, -0.2) is 23.9 Å². The second kappa shape index (κ2) is 8.41. The van der Waals surface area contributed by atoms with Gasteiger partial charge < -0.3 is 10.4 Å². The number of aliphatic hydroxyl groups excluding tert-OH is 1. The number of hydrogen-bond acceptors (Lipinski definition) is 3. The van der Waals surface area contributed by atoms with Crippen LogP contribution in [-0.2, 0) is 11.2 Å². The Balaban J connectivity index is 1.92. The Morgan fingerprint density at radius 1 is 1.14 bits per heavy atom. The molecule has 114 valence electrons. The van der Waals surface area contributed by atoms with E-state index in [1.54, 1.807) is 17.8 Å². The Labute approximate surface area is 135 Å². The van der Waals surface area contributed by atoms with Gasteiger partial charge in [-0.2, -0.15) is 0 Å². The van der Waals surface area contributed by atoms with E-state index in [-0.39, 0.29) is 12.5 Å². The first kappa shape index (κ1) is 16.3. The van der Waals surface area contributed by atoms with Gasteiger partial charge in [-0.1, -0.05) is 24.3 Å². The smallest absolute Gasteiger partial charge is 0.248 e. The number of nitrogens with one attached hydrogen (secondary N) is 1. The van der Waals surface area contributed by atoms with Crippen LogP contribution >= 0.6 is 11.8 Å². The molecule has 1 amide bonds. The van der Waals surface area contributed by atoms with Gasteiger partial charge in [-0.3, -0.25) is 4.79 Å². The van der Waals surface area contributed by atoms with E-state index in [0.29, 0.717) is 6.42 Å². The molecule has 0 aliphatic rings. The lowest BCUT2D eigenvalue weighted by atomic mass is 10.1. The van der Waals surface area contributed by atoms with Gasteiger partial charge in [-0.05, 0) is 54.1 Å². The molecule has 2 rings (SSSR count). The maximum atomic E-state index is 11.9. The molecule has 0 aromatic heterocycles. The molecule has 2 aromatic rings. The highest BCUT2D eigenvalue weighted by Crippen LogP contribution is 2.15. The molecule has 0 saturated heterocycles. The summed E-state index contributed by atoms with van der Waals surface area (Å²) < 4.78 is 0. The summed E-state index contributed by atoms with van der Waals surface area (Å²) in [6.45, 7) is 0.129. The first-order chi connectivity index (χ1) is 10.7. The lowest BCUT2D eigenvalue weighted by molar-refractivity contribution is -0.111. The number of hydrogen-bond donors (Lipinski definition) is 2. The molecule has 0 aliphatic carbocycles. The average molecular weight is 313 g/mol. The second-order valence-electron chi connectivity index (χ2n) is 4.77. The van der Waals surface area contributed by atoms with Crippen molar-refractivity contribution in [1.82, 2.24) is 0 Å². The SMILES string of the molecule is CSc1ccc(C=CC(=O)Nc2ccc(CCO)cc2)cc1. The van der Waals surface area contributed by atoms with E-state index in [4.69, 9.17) is 5.11 Å². The molecule has 4 heteroatoms. The molecule has 0 saturated carbocycles. The van der Waals surface area contributed by atoms with Gasteiger partial charge in [-0.15, -0.1) is 11.8 Å². The molecule has 0 radical (unpaired) electrons. The third kappa shape index (κ3) is 5.06. The molecule has 0 aliphatic heterocycles. The molecule has 2 N–H and O–H groups in total. The van der Waals surface area contributed by atoms with Gasteiger partial charge in [0.15, 0.2) is 0 Å². The molecule has 0 spiro atoms. The van der Waals surface area contributed by atoms with Crippen molar-refractivity contribution in [3.63, 3.8) is 0 Å². The molecule has 2 aromatic carbocycles. The van der Waals surface area contributed by atoms with Gasteiger partial charge in [0.1, 0.15) is 0 Å². The lowest BCUT2D eigenvalue weighted by Crippen LogP contribution is -2.07. The van der Waals surface area contributed by atoms with Crippen LogP contribution in [0, 0.1) is 0 Å². The summed E-state index contributed by atoms with van der Waals surface area (Å²) in [5.41, 5.74) is 2.78. The average Bonchev–Trinajstić information content (AvgIpc) is 2.55. The minimum absolute atomic E-state index is 0.129. The van der Waals surface area contributed by atoms with Gasteiger partial charge >= 0.3 is 0 Å². The Hall–Kier alpha value is -2.04. The number of carbonyl (C=O) groups excluding carboxylic acids is 1. The number of amides is 1. The first-order valence-corrected chi connectivity index (χ1v) is 8.26.